The Morgan fingerprint density at radius 2 is 2.54 bits per heavy atom. The summed E-state index contributed by atoms with van der Waals surface area (Å²) < 4.78 is 5.11. The number of nitrogens with zero attached hydrogens (tertiary/aromatic N) is 1. The lowest BCUT2D eigenvalue weighted by molar-refractivity contribution is -0.120. The number of hydrogen-bond acceptors (Lipinski definition) is 4. The van der Waals surface area contributed by atoms with E-state index in [1.807, 2.05) is 0 Å². The van der Waals surface area contributed by atoms with Gasteiger partial charge in [-0.3, -0.25) is 4.79 Å². The third-order valence-corrected chi connectivity index (χ3v) is 3.25. The second-order valence-electron chi connectivity index (χ2n) is 3.17. The van der Waals surface area contributed by atoms with Crippen LogP contribution in [-0.4, -0.2) is 16.0 Å². The number of oxazole rings is 1. The van der Waals surface area contributed by atoms with E-state index in [9.17, 15) is 4.79 Å². The van der Waals surface area contributed by atoms with Crippen molar-refractivity contribution in [3.63, 3.8) is 0 Å². The molecule has 1 saturated carbocycles. The maximum Gasteiger partial charge on any atom is 0.255 e. The maximum absolute atomic E-state index is 11.1. The van der Waals surface area contributed by atoms with Crippen molar-refractivity contribution in [2.75, 3.05) is 0 Å². The zero-order chi connectivity index (χ0) is 9.10. The van der Waals surface area contributed by atoms with E-state index in [1.54, 1.807) is 24.2 Å². The SMILES string of the molecule is O=C1CCCC(Sc2ncco2)C1. The Labute approximate surface area is 80.9 Å². The minimum Gasteiger partial charge on any atom is -0.440 e. The molecule has 2 rings (SSSR count). The van der Waals surface area contributed by atoms with Crippen LogP contribution in [0.25, 0.3) is 0 Å². The first kappa shape index (κ1) is 8.81. The number of aromatic nitrogens is 1. The monoisotopic (exact) mass is 197 g/mol. The lowest BCUT2D eigenvalue weighted by atomic mass is 9.99. The van der Waals surface area contributed by atoms with E-state index < -0.39 is 0 Å². The quantitative estimate of drug-likeness (QED) is 0.729. The fourth-order valence-corrected chi connectivity index (χ4v) is 2.57. The van der Waals surface area contributed by atoms with Crippen LogP contribution >= 0.6 is 11.8 Å². The van der Waals surface area contributed by atoms with E-state index in [2.05, 4.69) is 4.98 Å². The number of thioether (sulfide) groups is 1. The van der Waals surface area contributed by atoms with Gasteiger partial charge in [-0.15, -0.1) is 0 Å². The normalized spacial score (nSPS) is 23.4. The van der Waals surface area contributed by atoms with Crippen molar-refractivity contribution in [1.82, 2.24) is 4.98 Å². The van der Waals surface area contributed by atoms with Gasteiger partial charge < -0.3 is 4.42 Å². The summed E-state index contributed by atoms with van der Waals surface area (Å²) in [6, 6.07) is 0. The highest BCUT2D eigenvalue weighted by Crippen LogP contribution is 2.31. The predicted molar refractivity (Wildman–Crippen MR) is 49.6 cm³/mol. The van der Waals surface area contributed by atoms with Crippen molar-refractivity contribution in [2.24, 2.45) is 0 Å². The first-order valence-corrected chi connectivity index (χ1v) is 5.30. The molecule has 0 saturated heterocycles. The Hall–Kier alpha value is -0.770. The molecule has 0 N–H and O–H groups in total. The lowest BCUT2D eigenvalue weighted by Crippen LogP contribution is -2.16. The number of hydrogen-bond donors (Lipinski definition) is 0. The van der Waals surface area contributed by atoms with Crippen LogP contribution in [0.5, 0.6) is 0 Å². The topological polar surface area (TPSA) is 43.1 Å². The van der Waals surface area contributed by atoms with Crippen molar-refractivity contribution < 1.29 is 9.21 Å². The largest absolute Gasteiger partial charge is 0.440 e. The molecule has 0 amide bonds. The third-order valence-electron chi connectivity index (χ3n) is 2.11. The van der Waals surface area contributed by atoms with Gasteiger partial charge in [-0.1, -0.05) is 11.8 Å². The highest BCUT2D eigenvalue weighted by atomic mass is 32.2. The van der Waals surface area contributed by atoms with Crippen LogP contribution < -0.4 is 0 Å². The van der Waals surface area contributed by atoms with Gasteiger partial charge in [-0.2, -0.15) is 0 Å². The molecular formula is C9H11NO2S. The van der Waals surface area contributed by atoms with Gasteiger partial charge in [0.25, 0.3) is 5.22 Å². The van der Waals surface area contributed by atoms with Crippen LogP contribution in [0.15, 0.2) is 22.1 Å². The molecule has 13 heavy (non-hydrogen) atoms. The summed E-state index contributed by atoms with van der Waals surface area (Å²) in [5.41, 5.74) is 0. The second-order valence-corrected chi connectivity index (χ2v) is 4.42. The molecule has 70 valence electrons. The first-order valence-electron chi connectivity index (χ1n) is 4.42. The minimum absolute atomic E-state index is 0.371. The Kier molecular flexibility index (Phi) is 2.68. The van der Waals surface area contributed by atoms with Crippen molar-refractivity contribution in [2.45, 2.75) is 36.2 Å². The molecule has 1 unspecified atom stereocenters. The minimum atomic E-state index is 0.371. The van der Waals surface area contributed by atoms with E-state index in [0.29, 0.717) is 22.7 Å². The van der Waals surface area contributed by atoms with E-state index >= 15 is 0 Å². The summed E-state index contributed by atoms with van der Waals surface area (Å²) in [4.78, 5) is 15.2. The Morgan fingerprint density at radius 1 is 1.62 bits per heavy atom. The molecular weight excluding hydrogens is 186 g/mol. The van der Waals surface area contributed by atoms with Gasteiger partial charge in [0.1, 0.15) is 12.0 Å². The predicted octanol–water partition coefficient (Wildman–Crippen LogP) is 2.28. The van der Waals surface area contributed by atoms with Crippen LogP contribution in [0.3, 0.4) is 0 Å². The van der Waals surface area contributed by atoms with Gasteiger partial charge in [0.05, 0.1) is 6.20 Å². The molecule has 1 aromatic heterocycles. The van der Waals surface area contributed by atoms with Crippen LogP contribution in [0, 0.1) is 0 Å². The van der Waals surface area contributed by atoms with E-state index in [1.165, 1.54) is 0 Å². The average molecular weight is 197 g/mol. The molecule has 0 aliphatic heterocycles. The molecule has 1 aromatic rings. The van der Waals surface area contributed by atoms with E-state index in [4.69, 9.17) is 4.42 Å². The number of carbonyl (C=O) groups excluding carboxylic acids is 1. The fourth-order valence-electron chi connectivity index (χ4n) is 1.50. The van der Waals surface area contributed by atoms with Crippen LogP contribution in [0.1, 0.15) is 25.7 Å². The summed E-state index contributed by atoms with van der Waals surface area (Å²) in [6.07, 6.45) is 6.73. The Balaban J connectivity index is 1.91. The Bertz CT molecular complexity index is 284. The van der Waals surface area contributed by atoms with Crippen molar-refractivity contribution >= 4 is 17.5 Å². The molecule has 1 fully saturated rings. The zero-order valence-corrected chi connectivity index (χ0v) is 8.05. The smallest absolute Gasteiger partial charge is 0.255 e. The number of carbonyl (C=O) groups is 1. The molecule has 1 aliphatic rings. The van der Waals surface area contributed by atoms with Crippen LogP contribution in [0.2, 0.25) is 0 Å². The van der Waals surface area contributed by atoms with Gasteiger partial charge >= 0.3 is 0 Å². The van der Waals surface area contributed by atoms with Gasteiger partial charge in [0, 0.05) is 18.1 Å². The molecule has 0 bridgehead atoms. The van der Waals surface area contributed by atoms with Crippen molar-refractivity contribution in [3.05, 3.63) is 12.5 Å². The average Bonchev–Trinajstić information content (AvgIpc) is 2.57. The molecule has 0 spiro atoms. The molecule has 1 heterocycles. The highest BCUT2D eigenvalue weighted by molar-refractivity contribution is 7.99. The highest BCUT2D eigenvalue weighted by Gasteiger charge is 2.21. The summed E-state index contributed by atoms with van der Waals surface area (Å²) in [6.45, 7) is 0. The third kappa shape index (κ3) is 2.34. The number of rotatable bonds is 2. The number of Topliss-reactive ketones (excluding diaryl/α,β-unsaturated/α-hetero) is 1. The standard InChI is InChI=1S/C9H11NO2S/c11-7-2-1-3-8(6-7)13-9-10-4-5-12-9/h4-5,8H,1-3,6H2. The first-order chi connectivity index (χ1) is 6.34. The fraction of sp³-hybridized carbons (Fsp3) is 0.556. The zero-order valence-electron chi connectivity index (χ0n) is 7.23. The Morgan fingerprint density at radius 3 is 3.23 bits per heavy atom. The van der Waals surface area contributed by atoms with Crippen LogP contribution in [-0.2, 0) is 4.79 Å². The van der Waals surface area contributed by atoms with E-state index in [0.717, 1.165) is 19.3 Å². The second kappa shape index (κ2) is 3.96. The summed E-state index contributed by atoms with van der Waals surface area (Å²) in [5.74, 6) is 0.371. The summed E-state index contributed by atoms with van der Waals surface area (Å²) >= 11 is 1.58. The number of ketones is 1. The van der Waals surface area contributed by atoms with E-state index in [-0.39, 0.29) is 0 Å². The van der Waals surface area contributed by atoms with Crippen molar-refractivity contribution in [3.8, 4) is 0 Å². The molecule has 0 radical (unpaired) electrons. The maximum atomic E-state index is 11.1. The molecule has 1 atom stereocenters. The molecule has 1 aliphatic carbocycles. The van der Waals surface area contributed by atoms with Crippen LogP contribution in [0.4, 0.5) is 0 Å². The van der Waals surface area contributed by atoms with Gasteiger partial charge in [0.15, 0.2) is 0 Å². The molecule has 3 nitrogen and oxygen atoms in total. The molecule has 0 aromatic carbocycles. The van der Waals surface area contributed by atoms with Gasteiger partial charge in [0.2, 0.25) is 0 Å². The summed E-state index contributed by atoms with van der Waals surface area (Å²) in [7, 11) is 0. The van der Waals surface area contributed by atoms with Gasteiger partial charge in [-0.25, -0.2) is 4.98 Å². The summed E-state index contributed by atoms with van der Waals surface area (Å²) in [5, 5.41) is 1.06. The van der Waals surface area contributed by atoms with Gasteiger partial charge in [-0.05, 0) is 12.8 Å². The molecule has 4 heteroatoms. The van der Waals surface area contributed by atoms with Crippen molar-refractivity contribution in [1.29, 1.82) is 0 Å². The lowest BCUT2D eigenvalue weighted by Gasteiger charge is -2.17.